The Morgan fingerprint density at radius 1 is 0.900 bits per heavy atom. The zero-order valence-corrected chi connectivity index (χ0v) is 11.0. The number of aliphatic hydroxyl groups excluding tert-OH is 1. The molecule has 1 unspecified atom stereocenters. The van der Waals surface area contributed by atoms with Crippen molar-refractivity contribution < 1.29 is 5.11 Å². The van der Waals surface area contributed by atoms with Gasteiger partial charge in [0.2, 0.25) is 0 Å². The van der Waals surface area contributed by atoms with Gasteiger partial charge >= 0.3 is 0 Å². The highest BCUT2D eigenvalue weighted by Gasteiger charge is 2.10. The van der Waals surface area contributed by atoms with Gasteiger partial charge in [0.1, 0.15) is 5.82 Å². The number of benzene rings is 2. The van der Waals surface area contributed by atoms with Crippen LogP contribution in [0.1, 0.15) is 11.6 Å². The van der Waals surface area contributed by atoms with Gasteiger partial charge in [-0.25, -0.2) is 4.98 Å². The summed E-state index contributed by atoms with van der Waals surface area (Å²) in [6.07, 6.45) is 0. The minimum atomic E-state index is -0.148. The molecule has 3 aromatic rings. The number of nitrogens with one attached hydrogen (secondary N) is 1. The van der Waals surface area contributed by atoms with Crippen LogP contribution in [0.15, 0.2) is 66.7 Å². The van der Waals surface area contributed by atoms with Crippen LogP contribution in [0.3, 0.4) is 0 Å². The maximum atomic E-state index is 9.56. The van der Waals surface area contributed by atoms with Gasteiger partial charge in [-0.2, -0.15) is 0 Å². The van der Waals surface area contributed by atoms with Crippen LogP contribution in [0.4, 0.5) is 5.82 Å². The third-order valence-corrected chi connectivity index (χ3v) is 3.31. The standard InChI is InChI=1S/C17H16N2O/c20-12-16(13-6-2-1-3-7-13)19-17-11-10-14-8-4-5-9-15(14)18-17/h1-11,16,20H,12H2,(H,18,19). The van der Waals surface area contributed by atoms with Crippen molar-refractivity contribution in [1.29, 1.82) is 0 Å². The lowest BCUT2D eigenvalue weighted by atomic mass is 10.1. The second-order valence-electron chi connectivity index (χ2n) is 4.68. The largest absolute Gasteiger partial charge is 0.394 e. The van der Waals surface area contributed by atoms with E-state index in [0.717, 1.165) is 22.3 Å². The van der Waals surface area contributed by atoms with Gasteiger partial charge in [0.15, 0.2) is 0 Å². The maximum absolute atomic E-state index is 9.56. The van der Waals surface area contributed by atoms with E-state index in [1.807, 2.05) is 66.7 Å². The summed E-state index contributed by atoms with van der Waals surface area (Å²) in [4.78, 5) is 4.57. The number of aliphatic hydroxyl groups is 1. The number of fused-ring (bicyclic) bond motifs is 1. The Kier molecular flexibility index (Phi) is 3.61. The van der Waals surface area contributed by atoms with Crippen molar-refractivity contribution in [2.45, 2.75) is 6.04 Å². The van der Waals surface area contributed by atoms with Crippen LogP contribution in [-0.4, -0.2) is 16.7 Å². The van der Waals surface area contributed by atoms with Gasteiger partial charge in [-0.15, -0.1) is 0 Å². The Balaban J connectivity index is 1.87. The number of rotatable bonds is 4. The summed E-state index contributed by atoms with van der Waals surface area (Å²) in [5, 5.41) is 13.9. The smallest absolute Gasteiger partial charge is 0.127 e. The normalized spacial score (nSPS) is 12.2. The van der Waals surface area contributed by atoms with Crippen LogP contribution in [-0.2, 0) is 0 Å². The van der Waals surface area contributed by atoms with Gasteiger partial charge in [0.25, 0.3) is 0 Å². The minimum Gasteiger partial charge on any atom is -0.394 e. The van der Waals surface area contributed by atoms with Crippen LogP contribution in [0.25, 0.3) is 10.9 Å². The molecule has 0 aliphatic carbocycles. The monoisotopic (exact) mass is 264 g/mol. The summed E-state index contributed by atoms with van der Waals surface area (Å²) in [6.45, 7) is 0.0263. The van der Waals surface area contributed by atoms with Gasteiger partial charge in [0, 0.05) is 5.39 Å². The summed E-state index contributed by atoms with van der Waals surface area (Å²) < 4.78 is 0. The molecular weight excluding hydrogens is 248 g/mol. The van der Waals surface area contributed by atoms with Crippen molar-refractivity contribution in [3.05, 3.63) is 72.3 Å². The van der Waals surface area contributed by atoms with Crippen LogP contribution in [0.2, 0.25) is 0 Å². The summed E-state index contributed by atoms with van der Waals surface area (Å²) in [5.74, 6) is 0.770. The fourth-order valence-electron chi connectivity index (χ4n) is 2.24. The number of hydrogen-bond acceptors (Lipinski definition) is 3. The molecule has 0 spiro atoms. The fourth-order valence-corrected chi connectivity index (χ4v) is 2.24. The molecule has 1 heterocycles. The molecule has 2 aromatic carbocycles. The SMILES string of the molecule is OCC(Nc1ccc2ccccc2n1)c1ccccc1. The lowest BCUT2D eigenvalue weighted by molar-refractivity contribution is 0.276. The summed E-state index contributed by atoms with van der Waals surface area (Å²) >= 11 is 0. The molecular formula is C17H16N2O. The second-order valence-corrected chi connectivity index (χ2v) is 4.68. The number of para-hydroxylation sites is 1. The number of pyridine rings is 1. The molecule has 0 aliphatic rings. The molecule has 20 heavy (non-hydrogen) atoms. The Morgan fingerprint density at radius 2 is 1.65 bits per heavy atom. The molecule has 0 fully saturated rings. The topological polar surface area (TPSA) is 45.1 Å². The Morgan fingerprint density at radius 3 is 2.45 bits per heavy atom. The molecule has 1 atom stereocenters. The van der Waals surface area contributed by atoms with Gasteiger partial charge in [-0.1, -0.05) is 48.5 Å². The van der Waals surface area contributed by atoms with E-state index in [4.69, 9.17) is 0 Å². The molecule has 0 aliphatic heterocycles. The Hall–Kier alpha value is -2.39. The highest BCUT2D eigenvalue weighted by Crippen LogP contribution is 2.20. The van der Waals surface area contributed by atoms with Crippen LogP contribution in [0.5, 0.6) is 0 Å². The third-order valence-electron chi connectivity index (χ3n) is 3.31. The fraction of sp³-hybridized carbons (Fsp3) is 0.118. The van der Waals surface area contributed by atoms with Crippen molar-refractivity contribution >= 4 is 16.7 Å². The van der Waals surface area contributed by atoms with E-state index in [-0.39, 0.29) is 12.6 Å². The number of hydrogen-bond donors (Lipinski definition) is 2. The number of nitrogens with zero attached hydrogens (tertiary/aromatic N) is 1. The van der Waals surface area contributed by atoms with E-state index in [0.29, 0.717) is 0 Å². The highest BCUT2D eigenvalue weighted by molar-refractivity contribution is 5.80. The zero-order valence-electron chi connectivity index (χ0n) is 11.0. The summed E-state index contributed by atoms with van der Waals surface area (Å²) in [6, 6.07) is 21.7. The first-order chi connectivity index (χ1) is 9.86. The lowest BCUT2D eigenvalue weighted by Gasteiger charge is -2.17. The third kappa shape index (κ3) is 2.63. The average molecular weight is 264 g/mol. The van der Waals surface area contributed by atoms with Gasteiger partial charge in [-0.05, 0) is 23.8 Å². The first-order valence-electron chi connectivity index (χ1n) is 6.65. The lowest BCUT2D eigenvalue weighted by Crippen LogP contribution is -2.15. The molecule has 100 valence electrons. The second kappa shape index (κ2) is 5.72. The van der Waals surface area contributed by atoms with E-state index in [2.05, 4.69) is 10.3 Å². The highest BCUT2D eigenvalue weighted by atomic mass is 16.3. The Bertz CT molecular complexity index is 697. The van der Waals surface area contributed by atoms with E-state index in [9.17, 15) is 5.11 Å². The molecule has 0 bridgehead atoms. The van der Waals surface area contributed by atoms with Crippen LogP contribution >= 0.6 is 0 Å². The molecule has 0 saturated carbocycles. The number of aromatic nitrogens is 1. The quantitative estimate of drug-likeness (QED) is 0.759. The molecule has 0 saturated heterocycles. The molecule has 3 rings (SSSR count). The van der Waals surface area contributed by atoms with Crippen LogP contribution in [0, 0.1) is 0 Å². The van der Waals surface area contributed by atoms with Crippen molar-refractivity contribution in [3.63, 3.8) is 0 Å². The zero-order chi connectivity index (χ0) is 13.8. The minimum absolute atomic E-state index is 0.0263. The van der Waals surface area contributed by atoms with E-state index < -0.39 is 0 Å². The molecule has 3 nitrogen and oxygen atoms in total. The van der Waals surface area contributed by atoms with Crippen molar-refractivity contribution in [3.8, 4) is 0 Å². The first-order valence-corrected chi connectivity index (χ1v) is 6.65. The average Bonchev–Trinajstić information content (AvgIpc) is 2.53. The molecule has 3 heteroatoms. The van der Waals surface area contributed by atoms with E-state index >= 15 is 0 Å². The predicted octanol–water partition coefficient (Wildman–Crippen LogP) is 3.38. The summed E-state index contributed by atoms with van der Waals surface area (Å²) in [7, 11) is 0. The summed E-state index contributed by atoms with van der Waals surface area (Å²) in [5.41, 5.74) is 1.99. The van der Waals surface area contributed by atoms with E-state index in [1.54, 1.807) is 0 Å². The van der Waals surface area contributed by atoms with E-state index in [1.165, 1.54) is 0 Å². The first kappa shape index (κ1) is 12.6. The predicted molar refractivity (Wildman–Crippen MR) is 81.6 cm³/mol. The molecule has 2 N–H and O–H groups in total. The van der Waals surface area contributed by atoms with Crippen molar-refractivity contribution in [2.75, 3.05) is 11.9 Å². The van der Waals surface area contributed by atoms with Gasteiger partial charge in [0.05, 0.1) is 18.2 Å². The Labute approximate surface area is 117 Å². The molecule has 0 radical (unpaired) electrons. The van der Waals surface area contributed by atoms with Gasteiger partial charge < -0.3 is 10.4 Å². The molecule has 0 amide bonds. The van der Waals surface area contributed by atoms with Gasteiger partial charge in [-0.3, -0.25) is 0 Å². The van der Waals surface area contributed by atoms with Crippen LogP contribution < -0.4 is 5.32 Å². The number of anilines is 1. The van der Waals surface area contributed by atoms with Crippen molar-refractivity contribution in [1.82, 2.24) is 4.98 Å². The molecule has 1 aromatic heterocycles. The van der Waals surface area contributed by atoms with Crippen molar-refractivity contribution in [2.24, 2.45) is 0 Å². The maximum Gasteiger partial charge on any atom is 0.127 e.